The lowest BCUT2D eigenvalue weighted by Gasteiger charge is -2.15. The van der Waals surface area contributed by atoms with E-state index in [0.717, 1.165) is 0 Å². The zero-order valence-electron chi connectivity index (χ0n) is 11.7. The molecule has 1 saturated heterocycles. The summed E-state index contributed by atoms with van der Waals surface area (Å²) >= 11 is 0. The fraction of sp³-hybridized carbons (Fsp3) is 0.462. The lowest BCUT2D eigenvalue weighted by Crippen LogP contribution is -2.33. The Hall–Kier alpha value is -2.44. The van der Waals surface area contributed by atoms with E-state index in [0.29, 0.717) is 11.8 Å². The molecule has 1 unspecified atom stereocenters. The molecule has 3 atom stereocenters. The zero-order chi connectivity index (χ0) is 16.3. The van der Waals surface area contributed by atoms with Crippen LogP contribution in [0, 0.1) is 18.3 Å². The molecule has 1 aromatic heterocycles. The molecule has 1 aliphatic rings. The molecular formula is C13H14FN3O5. The standard InChI is InChI=1S/C13H14FN3O5/c1-7-4-17(13(20)16-12(7)19)11-2-9(10(5-18)22-11)21-6-8(14)3-15/h4,6,9-11,18H,2,5H2,1H3,(H,16,19,20)/b8-6-/t9-,10?,11+/m0/s1. The van der Waals surface area contributed by atoms with Crippen LogP contribution >= 0.6 is 0 Å². The number of allylic oxidation sites excluding steroid dienone is 1. The third-order valence-corrected chi connectivity index (χ3v) is 3.27. The molecule has 1 fully saturated rings. The highest BCUT2D eigenvalue weighted by Gasteiger charge is 2.37. The maximum absolute atomic E-state index is 12.8. The van der Waals surface area contributed by atoms with Gasteiger partial charge in [0.25, 0.3) is 5.56 Å². The van der Waals surface area contributed by atoms with Crippen molar-refractivity contribution < 1.29 is 19.0 Å². The van der Waals surface area contributed by atoms with Crippen molar-refractivity contribution in [2.45, 2.75) is 31.8 Å². The maximum Gasteiger partial charge on any atom is 0.330 e. The minimum absolute atomic E-state index is 0.145. The van der Waals surface area contributed by atoms with Gasteiger partial charge in [-0.1, -0.05) is 0 Å². The largest absolute Gasteiger partial charge is 0.491 e. The summed E-state index contributed by atoms with van der Waals surface area (Å²) < 4.78 is 24.5. The first-order valence-corrected chi connectivity index (χ1v) is 6.46. The number of aliphatic hydroxyl groups excluding tert-OH is 1. The van der Waals surface area contributed by atoms with Crippen molar-refractivity contribution in [1.82, 2.24) is 9.55 Å². The molecule has 0 aliphatic carbocycles. The van der Waals surface area contributed by atoms with Gasteiger partial charge in [0.05, 0.1) is 6.61 Å². The lowest BCUT2D eigenvalue weighted by atomic mass is 10.2. The van der Waals surface area contributed by atoms with Gasteiger partial charge < -0.3 is 14.6 Å². The molecule has 1 aliphatic heterocycles. The minimum atomic E-state index is -1.11. The molecule has 0 radical (unpaired) electrons. The van der Waals surface area contributed by atoms with Crippen molar-refractivity contribution in [3.05, 3.63) is 44.7 Å². The number of aliphatic hydroxyl groups is 1. The van der Waals surface area contributed by atoms with Gasteiger partial charge in [-0.3, -0.25) is 14.3 Å². The van der Waals surface area contributed by atoms with E-state index in [1.165, 1.54) is 23.8 Å². The highest BCUT2D eigenvalue weighted by atomic mass is 19.1. The molecule has 2 rings (SSSR count). The molecule has 2 N–H and O–H groups in total. The van der Waals surface area contributed by atoms with Crippen LogP contribution in [-0.2, 0) is 9.47 Å². The minimum Gasteiger partial charge on any atom is -0.491 e. The van der Waals surface area contributed by atoms with Crippen molar-refractivity contribution in [2.24, 2.45) is 0 Å². The molecule has 9 heteroatoms. The SMILES string of the molecule is Cc1cn([C@H]2C[C@H](O/C=C(\F)C#N)C(CO)O2)c(=O)[nH]c1=O. The summed E-state index contributed by atoms with van der Waals surface area (Å²) in [6.45, 7) is 1.13. The van der Waals surface area contributed by atoms with Gasteiger partial charge in [-0.15, -0.1) is 0 Å². The van der Waals surface area contributed by atoms with Gasteiger partial charge in [-0.2, -0.15) is 9.65 Å². The molecular weight excluding hydrogens is 297 g/mol. The normalized spacial score (nSPS) is 25.0. The van der Waals surface area contributed by atoms with Crippen molar-refractivity contribution in [2.75, 3.05) is 6.61 Å². The van der Waals surface area contributed by atoms with Crippen LogP contribution < -0.4 is 11.2 Å². The van der Waals surface area contributed by atoms with E-state index in [2.05, 4.69) is 4.98 Å². The first kappa shape index (κ1) is 15.9. The van der Waals surface area contributed by atoms with Gasteiger partial charge in [0.15, 0.2) is 0 Å². The Morgan fingerprint density at radius 1 is 1.73 bits per heavy atom. The Labute approximate surface area is 124 Å². The van der Waals surface area contributed by atoms with Crippen LogP contribution in [0.15, 0.2) is 27.9 Å². The van der Waals surface area contributed by atoms with Crippen molar-refractivity contribution in [3.63, 3.8) is 0 Å². The molecule has 0 aromatic carbocycles. The average molecular weight is 311 g/mol. The number of aryl methyl sites for hydroxylation is 1. The second kappa shape index (κ2) is 6.55. The summed E-state index contributed by atoms with van der Waals surface area (Å²) in [5, 5.41) is 17.6. The topological polar surface area (TPSA) is 117 Å². The van der Waals surface area contributed by atoms with Crippen LogP contribution in [0.25, 0.3) is 0 Å². The highest BCUT2D eigenvalue weighted by molar-refractivity contribution is 5.09. The Balaban J connectivity index is 2.22. The summed E-state index contributed by atoms with van der Waals surface area (Å²) in [6.07, 6.45) is -0.163. The number of nitriles is 1. The summed E-state index contributed by atoms with van der Waals surface area (Å²) in [7, 11) is 0. The Bertz CT molecular complexity index is 732. The second-order valence-electron chi connectivity index (χ2n) is 4.78. The number of rotatable bonds is 4. The van der Waals surface area contributed by atoms with Crippen LogP contribution in [0.3, 0.4) is 0 Å². The molecule has 118 valence electrons. The number of hydrogen-bond donors (Lipinski definition) is 2. The molecule has 22 heavy (non-hydrogen) atoms. The monoisotopic (exact) mass is 311 g/mol. The van der Waals surface area contributed by atoms with E-state index in [4.69, 9.17) is 14.7 Å². The third kappa shape index (κ3) is 3.24. The Kier molecular flexibility index (Phi) is 4.75. The third-order valence-electron chi connectivity index (χ3n) is 3.27. The molecule has 0 spiro atoms. The van der Waals surface area contributed by atoms with Gasteiger partial charge in [0, 0.05) is 18.2 Å². The zero-order valence-corrected chi connectivity index (χ0v) is 11.7. The van der Waals surface area contributed by atoms with E-state index < -0.39 is 42.1 Å². The first-order valence-electron chi connectivity index (χ1n) is 6.46. The molecule has 8 nitrogen and oxygen atoms in total. The van der Waals surface area contributed by atoms with Gasteiger partial charge in [0.2, 0.25) is 5.83 Å². The van der Waals surface area contributed by atoms with Crippen LogP contribution in [0.5, 0.6) is 0 Å². The highest BCUT2D eigenvalue weighted by Crippen LogP contribution is 2.30. The number of halogens is 1. The molecule has 0 amide bonds. The number of H-pyrrole nitrogens is 1. The summed E-state index contributed by atoms with van der Waals surface area (Å²) in [6, 6.07) is 1.26. The summed E-state index contributed by atoms with van der Waals surface area (Å²) in [5.74, 6) is -1.11. The van der Waals surface area contributed by atoms with E-state index in [1.54, 1.807) is 0 Å². The number of aromatic nitrogens is 2. The average Bonchev–Trinajstić information content (AvgIpc) is 2.91. The Morgan fingerprint density at radius 3 is 3.09 bits per heavy atom. The molecule has 0 bridgehead atoms. The van der Waals surface area contributed by atoms with Crippen LogP contribution in [0.2, 0.25) is 0 Å². The van der Waals surface area contributed by atoms with E-state index >= 15 is 0 Å². The maximum atomic E-state index is 12.8. The molecule has 0 saturated carbocycles. The number of aromatic amines is 1. The van der Waals surface area contributed by atoms with Gasteiger partial charge in [-0.05, 0) is 6.92 Å². The molecule has 2 heterocycles. The number of hydrogen-bond acceptors (Lipinski definition) is 6. The fourth-order valence-electron chi connectivity index (χ4n) is 2.15. The van der Waals surface area contributed by atoms with Gasteiger partial charge >= 0.3 is 5.69 Å². The lowest BCUT2D eigenvalue weighted by molar-refractivity contribution is -0.0484. The van der Waals surface area contributed by atoms with Crippen LogP contribution in [-0.4, -0.2) is 33.5 Å². The van der Waals surface area contributed by atoms with Gasteiger partial charge in [-0.25, -0.2) is 4.79 Å². The van der Waals surface area contributed by atoms with E-state index in [9.17, 15) is 19.1 Å². The number of nitrogens with zero attached hydrogens (tertiary/aromatic N) is 2. The summed E-state index contributed by atoms with van der Waals surface area (Å²) in [4.78, 5) is 25.3. The predicted octanol–water partition coefficient (Wildman–Crippen LogP) is -0.156. The van der Waals surface area contributed by atoms with Crippen molar-refractivity contribution in [1.29, 1.82) is 5.26 Å². The van der Waals surface area contributed by atoms with E-state index in [-0.39, 0.29) is 6.42 Å². The second-order valence-corrected chi connectivity index (χ2v) is 4.78. The number of ether oxygens (including phenoxy) is 2. The smallest absolute Gasteiger partial charge is 0.330 e. The van der Waals surface area contributed by atoms with Crippen LogP contribution in [0.4, 0.5) is 4.39 Å². The van der Waals surface area contributed by atoms with E-state index in [1.807, 2.05) is 0 Å². The fourth-order valence-corrected chi connectivity index (χ4v) is 2.15. The number of nitrogens with one attached hydrogen (secondary N) is 1. The summed E-state index contributed by atoms with van der Waals surface area (Å²) in [5.41, 5.74) is -0.829. The molecule has 1 aromatic rings. The van der Waals surface area contributed by atoms with Crippen molar-refractivity contribution in [3.8, 4) is 6.07 Å². The quantitative estimate of drug-likeness (QED) is 0.589. The van der Waals surface area contributed by atoms with Gasteiger partial charge in [0.1, 0.15) is 30.8 Å². The Morgan fingerprint density at radius 2 is 2.45 bits per heavy atom. The first-order chi connectivity index (χ1) is 10.5. The van der Waals surface area contributed by atoms with Crippen LogP contribution in [0.1, 0.15) is 18.2 Å². The van der Waals surface area contributed by atoms with Crippen molar-refractivity contribution >= 4 is 0 Å². The predicted molar refractivity (Wildman–Crippen MR) is 71.3 cm³/mol.